The minimum absolute atomic E-state index is 0.0851. The van der Waals surface area contributed by atoms with Crippen molar-refractivity contribution in [1.82, 2.24) is 0 Å². The molecule has 0 heterocycles. The number of rotatable bonds is 9. The van der Waals surface area contributed by atoms with Gasteiger partial charge in [0.1, 0.15) is 5.78 Å². The van der Waals surface area contributed by atoms with Gasteiger partial charge in [0.05, 0.1) is 5.92 Å². The summed E-state index contributed by atoms with van der Waals surface area (Å²) in [6.45, 7) is 4.16. The Hall–Kier alpha value is -0.660. The van der Waals surface area contributed by atoms with E-state index >= 15 is 0 Å². The van der Waals surface area contributed by atoms with Gasteiger partial charge >= 0.3 is 0 Å². The summed E-state index contributed by atoms with van der Waals surface area (Å²) in [5.41, 5.74) is 0. The highest BCUT2D eigenvalue weighted by molar-refractivity contribution is 5.93. The molecule has 0 aromatic rings. The molecule has 0 bridgehead atoms. The number of Topliss-reactive ketones (excluding diaryl/α,β-unsaturated/α-hetero) is 1. The number of ketones is 1. The van der Waals surface area contributed by atoms with Crippen LogP contribution in [0.1, 0.15) is 58.8 Å². The van der Waals surface area contributed by atoms with Crippen molar-refractivity contribution in [3.8, 4) is 0 Å². The number of carbonyl (C=O) groups is 1. The summed E-state index contributed by atoms with van der Waals surface area (Å²) in [5.74, 6) is -0.367. The summed E-state index contributed by atoms with van der Waals surface area (Å²) in [7, 11) is 0. The molecule has 0 amide bonds. The predicted molar refractivity (Wildman–Crippen MR) is 57.9 cm³/mol. The highest BCUT2D eigenvalue weighted by atomic mass is 16.1. The topological polar surface area (TPSA) is 34.1 Å². The lowest BCUT2D eigenvalue weighted by Gasteiger charge is -2.06. The van der Waals surface area contributed by atoms with Gasteiger partial charge in [0, 0.05) is 6.42 Å². The van der Waals surface area contributed by atoms with E-state index in [-0.39, 0.29) is 5.78 Å². The van der Waals surface area contributed by atoms with Crippen LogP contribution in [0.15, 0.2) is 0 Å². The van der Waals surface area contributed by atoms with Crippen LogP contribution in [0.3, 0.4) is 0 Å². The molecule has 1 atom stereocenters. The van der Waals surface area contributed by atoms with Crippen LogP contribution in [0.2, 0.25) is 0 Å². The van der Waals surface area contributed by atoms with E-state index in [0.717, 1.165) is 32.1 Å². The van der Waals surface area contributed by atoms with Gasteiger partial charge in [-0.05, 0) is 12.8 Å². The molecular formula is C12H21O2. The smallest absolute Gasteiger partial charge is 0.209 e. The van der Waals surface area contributed by atoms with Crippen LogP contribution in [0.4, 0.5) is 0 Å². The molecule has 2 nitrogen and oxygen atoms in total. The Labute approximate surface area is 87.1 Å². The number of hydrogen-bond donors (Lipinski definition) is 0. The van der Waals surface area contributed by atoms with Gasteiger partial charge in [-0.2, -0.15) is 0 Å². The van der Waals surface area contributed by atoms with Crippen molar-refractivity contribution in [1.29, 1.82) is 0 Å². The highest BCUT2D eigenvalue weighted by Gasteiger charge is 2.16. The largest absolute Gasteiger partial charge is 0.299 e. The quantitative estimate of drug-likeness (QED) is 0.420. The first-order chi connectivity index (χ1) is 6.76. The number of unbranched alkanes of at least 4 members (excludes halogenated alkanes) is 3. The molecule has 0 spiro atoms. The molecule has 2 heteroatoms. The minimum atomic E-state index is -0.452. The molecule has 0 N–H and O–H groups in total. The normalized spacial score (nSPS) is 12.4. The molecule has 1 radical (unpaired) electrons. The third-order valence-corrected chi connectivity index (χ3v) is 2.40. The number of carbonyl (C=O) groups excluding carboxylic acids is 2. The third-order valence-electron chi connectivity index (χ3n) is 2.40. The Kier molecular flexibility index (Phi) is 8.50. The van der Waals surface area contributed by atoms with E-state index in [2.05, 4.69) is 13.8 Å². The van der Waals surface area contributed by atoms with Gasteiger partial charge in [0.25, 0.3) is 0 Å². The summed E-state index contributed by atoms with van der Waals surface area (Å²) < 4.78 is 0. The molecule has 1 unspecified atom stereocenters. The van der Waals surface area contributed by atoms with Crippen molar-refractivity contribution < 1.29 is 9.59 Å². The summed E-state index contributed by atoms with van der Waals surface area (Å²) in [4.78, 5) is 22.0. The number of hydrogen-bond acceptors (Lipinski definition) is 2. The molecule has 81 valence electrons. The van der Waals surface area contributed by atoms with Gasteiger partial charge in [-0.25, -0.2) is 0 Å². The Balaban J connectivity index is 3.73. The summed E-state index contributed by atoms with van der Waals surface area (Å²) in [5, 5.41) is 0. The lowest BCUT2D eigenvalue weighted by atomic mass is 9.95. The standard InChI is InChI=1S/C12H21O2/c1-3-5-7-9-12(14)11(10-13)8-6-4-2/h11H,3-9H2,1-2H3. The summed E-state index contributed by atoms with van der Waals surface area (Å²) in [6, 6.07) is 0. The minimum Gasteiger partial charge on any atom is -0.299 e. The molecular weight excluding hydrogens is 176 g/mol. The molecule has 0 rings (SSSR count). The van der Waals surface area contributed by atoms with Crippen molar-refractivity contribution in [3.63, 3.8) is 0 Å². The van der Waals surface area contributed by atoms with Crippen molar-refractivity contribution in [2.45, 2.75) is 58.8 Å². The first-order valence-electron chi connectivity index (χ1n) is 5.66. The lowest BCUT2D eigenvalue weighted by Crippen LogP contribution is -2.15. The third kappa shape index (κ3) is 5.90. The van der Waals surface area contributed by atoms with E-state index in [1.165, 1.54) is 0 Å². The second-order valence-corrected chi connectivity index (χ2v) is 3.74. The fourth-order valence-corrected chi connectivity index (χ4v) is 1.42. The second-order valence-electron chi connectivity index (χ2n) is 3.74. The van der Waals surface area contributed by atoms with Gasteiger partial charge < -0.3 is 0 Å². The molecule has 14 heavy (non-hydrogen) atoms. The van der Waals surface area contributed by atoms with Crippen LogP contribution in [0.5, 0.6) is 0 Å². The predicted octanol–water partition coefficient (Wildman–Crippen LogP) is 3.05. The van der Waals surface area contributed by atoms with Crippen LogP contribution < -0.4 is 0 Å². The average Bonchev–Trinajstić information content (AvgIpc) is 2.19. The summed E-state index contributed by atoms with van der Waals surface area (Å²) >= 11 is 0. The molecule has 0 aliphatic carbocycles. The van der Waals surface area contributed by atoms with Gasteiger partial charge in [0.15, 0.2) is 0 Å². The van der Waals surface area contributed by atoms with E-state index in [4.69, 9.17) is 0 Å². The van der Waals surface area contributed by atoms with E-state index in [9.17, 15) is 9.59 Å². The molecule has 0 aromatic carbocycles. The monoisotopic (exact) mass is 197 g/mol. The SMILES string of the molecule is CCCCCC(=O)C([C]=O)CCCC. The fraction of sp³-hybridized carbons (Fsp3) is 0.833. The van der Waals surface area contributed by atoms with E-state index in [0.29, 0.717) is 12.8 Å². The van der Waals surface area contributed by atoms with E-state index in [1.54, 1.807) is 0 Å². The molecule has 0 saturated carbocycles. The second kappa shape index (κ2) is 8.92. The molecule has 0 saturated heterocycles. The molecule has 0 aliphatic rings. The van der Waals surface area contributed by atoms with E-state index < -0.39 is 5.92 Å². The van der Waals surface area contributed by atoms with Crippen molar-refractivity contribution in [3.05, 3.63) is 0 Å². The first kappa shape index (κ1) is 13.3. The van der Waals surface area contributed by atoms with Crippen molar-refractivity contribution in [2.24, 2.45) is 5.92 Å². The molecule has 0 fully saturated rings. The zero-order valence-corrected chi connectivity index (χ0v) is 9.34. The zero-order valence-electron chi connectivity index (χ0n) is 9.34. The maximum Gasteiger partial charge on any atom is 0.209 e. The Bertz CT molecular complexity index is 164. The van der Waals surface area contributed by atoms with Gasteiger partial charge in [-0.15, -0.1) is 0 Å². The highest BCUT2D eigenvalue weighted by Crippen LogP contribution is 2.11. The van der Waals surface area contributed by atoms with E-state index in [1.807, 2.05) is 6.29 Å². The lowest BCUT2D eigenvalue weighted by molar-refractivity contribution is -0.121. The Morgan fingerprint density at radius 1 is 1.14 bits per heavy atom. The van der Waals surface area contributed by atoms with Crippen molar-refractivity contribution in [2.75, 3.05) is 0 Å². The fourth-order valence-electron chi connectivity index (χ4n) is 1.42. The first-order valence-corrected chi connectivity index (χ1v) is 5.66. The van der Waals surface area contributed by atoms with Gasteiger partial charge in [-0.3, -0.25) is 9.59 Å². The Morgan fingerprint density at radius 2 is 1.79 bits per heavy atom. The average molecular weight is 197 g/mol. The van der Waals surface area contributed by atoms with Crippen LogP contribution in [0, 0.1) is 5.92 Å². The van der Waals surface area contributed by atoms with Gasteiger partial charge in [0.2, 0.25) is 6.29 Å². The zero-order chi connectivity index (χ0) is 10.8. The van der Waals surface area contributed by atoms with Crippen LogP contribution in [0.25, 0.3) is 0 Å². The molecule has 0 aromatic heterocycles. The van der Waals surface area contributed by atoms with Crippen LogP contribution in [-0.2, 0) is 9.59 Å². The molecule has 0 aliphatic heterocycles. The summed E-state index contributed by atoms with van der Waals surface area (Å²) in [6.07, 6.45) is 8.17. The van der Waals surface area contributed by atoms with Crippen LogP contribution in [-0.4, -0.2) is 12.1 Å². The van der Waals surface area contributed by atoms with Crippen LogP contribution >= 0.6 is 0 Å². The maximum absolute atomic E-state index is 11.5. The Morgan fingerprint density at radius 3 is 2.29 bits per heavy atom. The maximum atomic E-state index is 11.5. The van der Waals surface area contributed by atoms with Crippen molar-refractivity contribution >= 4 is 12.1 Å². The van der Waals surface area contributed by atoms with Gasteiger partial charge in [-0.1, -0.05) is 39.5 Å².